The van der Waals surface area contributed by atoms with Crippen LogP contribution >= 0.6 is 11.6 Å². The molecular formula is C15H17ClN2O. The largest absolute Gasteiger partial charge is 0.495 e. The number of nitrogens with zero attached hydrogens (tertiary/aromatic N) is 1. The van der Waals surface area contributed by atoms with Gasteiger partial charge in [-0.25, -0.2) is 0 Å². The van der Waals surface area contributed by atoms with E-state index >= 15 is 0 Å². The summed E-state index contributed by atoms with van der Waals surface area (Å²) in [6.45, 7) is 1.98. The molecule has 1 aromatic carbocycles. The molecule has 0 aliphatic heterocycles. The van der Waals surface area contributed by atoms with Crippen molar-refractivity contribution in [3.8, 4) is 5.75 Å². The van der Waals surface area contributed by atoms with Gasteiger partial charge in [0.1, 0.15) is 5.75 Å². The third-order valence-electron chi connectivity index (χ3n) is 3.00. The predicted molar refractivity (Wildman–Crippen MR) is 77.9 cm³/mol. The molecule has 2 rings (SSSR count). The number of benzene rings is 1. The van der Waals surface area contributed by atoms with Crippen molar-refractivity contribution in [2.24, 2.45) is 0 Å². The second-order valence-corrected chi connectivity index (χ2v) is 4.73. The number of hydrogen-bond acceptors (Lipinski definition) is 3. The Hall–Kier alpha value is -1.58. The van der Waals surface area contributed by atoms with Crippen LogP contribution in [0.3, 0.4) is 0 Å². The summed E-state index contributed by atoms with van der Waals surface area (Å²) in [5.41, 5.74) is 3.05. The highest BCUT2D eigenvalue weighted by molar-refractivity contribution is 6.32. The van der Waals surface area contributed by atoms with Gasteiger partial charge in [0.05, 0.1) is 23.9 Å². The molecule has 0 saturated carbocycles. The number of rotatable bonds is 4. The number of halogens is 1. The number of ether oxygens (including phenoxy) is 1. The fourth-order valence-corrected chi connectivity index (χ4v) is 2.26. The number of aromatic nitrogens is 1. The van der Waals surface area contributed by atoms with Crippen LogP contribution < -0.4 is 10.1 Å². The second-order valence-electron chi connectivity index (χ2n) is 4.32. The molecule has 0 spiro atoms. The minimum Gasteiger partial charge on any atom is -0.495 e. The Kier molecular flexibility index (Phi) is 4.40. The zero-order chi connectivity index (χ0) is 13.8. The lowest BCUT2D eigenvalue weighted by Gasteiger charge is -2.17. The maximum atomic E-state index is 6.05. The molecule has 4 heteroatoms. The third kappa shape index (κ3) is 3.06. The van der Waals surface area contributed by atoms with Gasteiger partial charge in [-0.15, -0.1) is 0 Å². The van der Waals surface area contributed by atoms with Crippen molar-refractivity contribution in [2.45, 2.75) is 13.0 Å². The Morgan fingerprint density at radius 1 is 1.26 bits per heavy atom. The zero-order valence-corrected chi connectivity index (χ0v) is 12.0. The summed E-state index contributed by atoms with van der Waals surface area (Å²) in [5, 5.41) is 3.88. The van der Waals surface area contributed by atoms with E-state index in [1.165, 1.54) is 0 Å². The van der Waals surface area contributed by atoms with E-state index in [9.17, 15) is 0 Å². The first-order valence-electron chi connectivity index (χ1n) is 6.10. The van der Waals surface area contributed by atoms with E-state index in [0.29, 0.717) is 10.8 Å². The lowest BCUT2D eigenvalue weighted by Crippen LogP contribution is -2.19. The Labute approximate surface area is 118 Å². The lowest BCUT2D eigenvalue weighted by molar-refractivity contribution is 0.414. The molecule has 0 radical (unpaired) electrons. The van der Waals surface area contributed by atoms with Gasteiger partial charge in [-0.2, -0.15) is 0 Å². The van der Waals surface area contributed by atoms with E-state index in [1.54, 1.807) is 7.11 Å². The Balaban J connectivity index is 2.42. The molecule has 2 aromatic rings. The number of methoxy groups -OCH3 is 1. The van der Waals surface area contributed by atoms with Crippen molar-refractivity contribution in [3.63, 3.8) is 0 Å². The minimum atomic E-state index is 0.0195. The van der Waals surface area contributed by atoms with Crippen LogP contribution in [0.1, 0.15) is 23.0 Å². The number of pyridine rings is 1. The highest BCUT2D eigenvalue weighted by atomic mass is 35.5. The summed E-state index contributed by atoms with van der Waals surface area (Å²) in [7, 11) is 3.53. The topological polar surface area (TPSA) is 34.1 Å². The van der Waals surface area contributed by atoms with Crippen molar-refractivity contribution in [3.05, 3.63) is 58.4 Å². The van der Waals surface area contributed by atoms with Crippen LogP contribution in [0, 0.1) is 6.92 Å². The maximum Gasteiger partial charge on any atom is 0.137 e. The van der Waals surface area contributed by atoms with Gasteiger partial charge in [-0.1, -0.05) is 23.7 Å². The van der Waals surface area contributed by atoms with Crippen LogP contribution in [-0.4, -0.2) is 19.1 Å². The fourth-order valence-electron chi connectivity index (χ4n) is 2.07. The highest BCUT2D eigenvalue weighted by Gasteiger charge is 2.15. The maximum absolute atomic E-state index is 6.05. The molecule has 0 fully saturated rings. The first-order valence-corrected chi connectivity index (χ1v) is 6.47. The number of aryl methyl sites for hydroxylation is 1. The highest BCUT2D eigenvalue weighted by Crippen LogP contribution is 2.29. The molecule has 0 amide bonds. The summed E-state index contributed by atoms with van der Waals surface area (Å²) < 4.78 is 5.26. The summed E-state index contributed by atoms with van der Waals surface area (Å²) in [4.78, 5) is 4.56. The fraction of sp³-hybridized carbons (Fsp3) is 0.267. The van der Waals surface area contributed by atoms with Crippen LogP contribution in [0.5, 0.6) is 5.75 Å². The van der Waals surface area contributed by atoms with E-state index in [1.807, 2.05) is 50.4 Å². The summed E-state index contributed by atoms with van der Waals surface area (Å²) in [6.07, 6.45) is 0. The number of hydrogen-bond donors (Lipinski definition) is 1. The normalized spacial score (nSPS) is 12.2. The molecule has 0 aliphatic rings. The van der Waals surface area contributed by atoms with Gasteiger partial charge in [0, 0.05) is 5.69 Å². The molecule has 0 saturated heterocycles. The molecule has 1 N–H and O–H groups in total. The van der Waals surface area contributed by atoms with Crippen molar-refractivity contribution in [2.75, 3.05) is 14.2 Å². The molecular weight excluding hydrogens is 260 g/mol. The first kappa shape index (κ1) is 13.8. The van der Waals surface area contributed by atoms with Gasteiger partial charge in [0.2, 0.25) is 0 Å². The van der Waals surface area contributed by atoms with Gasteiger partial charge in [-0.05, 0) is 43.8 Å². The van der Waals surface area contributed by atoms with Crippen molar-refractivity contribution < 1.29 is 4.74 Å². The standard InChI is InChI=1S/C15H17ClN2O/c1-10-5-4-6-13(18-10)15(17-2)11-7-8-12(16)14(9-11)19-3/h4-9,15,17H,1-3H3. The quantitative estimate of drug-likeness (QED) is 0.930. The van der Waals surface area contributed by atoms with Crippen LogP contribution in [0.2, 0.25) is 5.02 Å². The molecule has 3 nitrogen and oxygen atoms in total. The molecule has 19 heavy (non-hydrogen) atoms. The van der Waals surface area contributed by atoms with Crippen LogP contribution in [0.4, 0.5) is 0 Å². The SMILES string of the molecule is CNC(c1ccc(Cl)c(OC)c1)c1cccc(C)n1. The van der Waals surface area contributed by atoms with Gasteiger partial charge >= 0.3 is 0 Å². The van der Waals surface area contributed by atoms with E-state index < -0.39 is 0 Å². The predicted octanol–water partition coefficient (Wildman–Crippen LogP) is 3.36. The van der Waals surface area contributed by atoms with Gasteiger partial charge < -0.3 is 10.1 Å². The van der Waals surface area contributed by atoms with Crippen molar-refractivity contribution in [1.29, 1.82) is 0 Å². The Morgan fingerprint density at radius 2 is 2.05 bits per heavy atom. The average molecular weight is 277 g/mol. The van der Waals surface area contributed by atoms with E-state index in [-0.39, 0.29) is 6.04 Å². The summed E-state index contributed by atoms with van der Waals surface area (Å²) >= 11 is 6.05. The van der Waals surface area contributed by atoms with Crippen molar-refractivity contribution >= 4 is 11.6 Å². The molecule has 1 aromatic heterocycles. The monoisotopic (exact) mass is 276 g/mol. The number of nitrogens with one attached hydrogen (secondary N) is 1. The molecule has 1 atom stereocenters. The van der Waals surface area contributed by atoms with E-state index in [4.69, 9.17) is 16.3 Å². The van der Waals surface area contributed by atoms with E-state index in [2.05, 4.69) is 10.3 Å². The summed E-state index contributed by atoms with van der Waals surface area (Å²) in [6, 6.07) is 11.8. The molecule has 0 bridgehead atoms. The van der Waals surface area contributed by atoms with Gasteiger partial charge in [-0.3, -0.25) is 4.98 Å². The molecule has 1 unspecified atom stereocenters. The lowest BCUT2D eigenvalue weighted by atomic mass is 10.0. The van der Waals surface area contributed by atoms with Crippen LogP contribution in [0.25, 0.3) is 0 Å². The zero-order valence-electron chi connectivity index (χ0n) is 11.3. The average Bonchev–Trinajstić information content (AvgIpc) is 2.41. The molecule has 0 aliphatic carbocycles. The minimum absolute atomic E-state index is 0.0195. The smallest absolute Gasteiger partial charge is 0.137 e. The van der Waals surface area contributed by atoms with Crippen LogP contribution in [0.15, 0.2) is 36.4 Å². The summed E-state index contributed by atoms with van der Waals surface area (Å²) in [5.74, 6) is 0.673. The van der Waals surface area contributed by atoms with Gasteiger partial charge in [0.25, 0.3) is 0 Å². The molecule has 100 valence electrons. The second kappa shape index (κ2) is 6.04. The third-order valence-corrected chi connectivity index (χ3v) is 3.32. The molecule has 1 heterocycles. The Morgan fingerprint density at radius 3 is 2.68 bits per heavy atom. The first-order chi connectivity index (χ1) is 9.15. The van der Waals surface area contributed by atoms with Crippen molar-refractivity contribution in [1.82, 2.24) is 10.3 Å². The Bertz CT molecular complexity index is 572. The van der Waals surface area contributed by atoms with Gasteiger partial charge in [0.15, 0.2) is 0 Å². The van der Waals surface area contributed by atoms with Crippen LogP contribution in [-0.2, 0) is 0 Å². The van der Waals surface area contributed by atoms with E-state index in [0.717, 1.165) is 17.0 Å².